The maximum absolute atomic E-state index is 12.6. The number of likely N-dealkylation sites (tertiary alicyclic amines) is 1. The van der Waals surface area contributed by atoms with Crippen molar-refractivity contribution in [1.29, 1.82) is 0 Å². The van der Waals surface area contributed by atoms with Crippen LogP contribution in [0.2, 0.25) is 0 Å². The van der Waals surface area contributed by atoms with Gasteiger partial charge in [-0.15, -0.1) is 0 Å². The molecule has 2 aliphatic rings. The fraction of sp³-hybridized carbons (Fsp3) is 0.500. The molecule has 2 heterocycles. The van der Waals surface area contributed by atoms with Crippen LogP contribution < -0.4 is 5.32 Å². The summed E-state index contributed by atoms with van der Waals surface area (Å²) in [4.78, 5) is 19.3. The molecular formula is C20H25N3O2. The summed E-state index contributed by atoms with van der Waals surface area (Å²) in [5.41, 5.74) is 1.72. The number of para-hydroxylation sites is 1. The van der Waals surface area contributed by atoms with Crippen molar-refractivity contribution >= 4 is 22.6 Å². The summed E-state index contributed by atoms with van der Waals surface area (Å²) in [5, 5.41) is 14.2. The number of anilines is 1. The molecule has 0 radical (unpaired) electrons. The highest BCUT2D eigenvalue weighted by atomic mass is 16.3. The third kappa shape index (κ3) is 3.33. The maximum Gasteiger partial charge on any atom is 0.225 e. The van der Waals surface area contributed by atoms with Crippen LogP contribution in [0, 0.1) is 5.92 Å². The van der Waals surface area contributed by atoms with Crippen molar-refractivity contribution in [2.75, 3.05) is 18.4 Å². The Kier molecular flexibility index (Phi) is 4.57. The zero-order valence-corrected chi connectivity index (χ0v) is 14.4. The van der Waals surface area contributed by atoms with E-state index in [-0.39, 0.29) is 18.6 Å². The van der Waals surface area contributed by atoms with Crippen LogP contribution in [0.1, 0.15) is 37.7 Å². The van der Waals surface area contributed by atoms with E-state index in [1.54, 1.807) is 0 Å². The SMILES string of the molecule is O=C(C1CCCC1)N1CCC(Nc2nc3ccccc3cc2CO)C1. The van der Waals surface area contributed by atoms with E-state index in [1.807, 2.05) is 35.2 Å². The second-order valence-corrected chi connectivity index (χ2v) is 7.24. The Hall–Kier alpha value is -2.14. The molecule has 1 saturated heterocycles. The molecule has 0 spiro atoms. The van der Waals surface area contributed by atoms with E-state index in [1.165, 1.54) is 12.8 Å². The third-order valence-corrected chi connectivity index (χ3v) is 5.52. The summed E-state index contributed by atoms with van der Waals surface area (Å²) in [5.74, 6) is 1.31. The van der Waals surface area contributed by atoms with Crippen LogP contribution in [-0.2, 0) is 11.4 Å². The summed E-state index contributed by atoms with van der Waals surface area (Å²) in [6.07, 6.45) is 5.40. The highest BCUT2D eigenvalue weighted by Gasteiger charge is 2.32. The Morgan fingerprint density at radius 2 is 2.04 bits per heavy atom. The fourth-order valence-electron chi connectivity index (χ4n) is 4.11. The number of rotatable bonds is 4. The van der Waals surface area contributed by atoms with E-state index in [2.05, 4.69) is 10.3 Å². The minimum absolute atomic E-state index is 0.0440. The average molecular weight is 339 g/mol. The molecule has 1 unspecified atom stereocenters. The van der Waals surface area contributed by atoms with E-state index in [0.29, 0.717) is 5.91 Å². The average Bonchev–Trinajstić information content (AvgIpc) is 3.32. The molecule has 1 aromatic heterocycles. The van der Waals surface area contributed by atoms with Gasteiger partial charge < -0.3 is 15.3 Å². The smallest absolute Gasteiger partial charge is 0.225 e. The van der Waals surface area contributed by atoms with Crippen molar-refractivity contribution < 1.29 is 9.90 Å². The number of aliphatic hydroxyl groups excluding tert-OH is 1. The minimum atomic E-state index is -0.0440. The van der Waals surface area contributed by atoms with Crippen LogP contribution in [0.15, 0.2) is 30.3 Å². The lowest BCUT2D eigenvalue weighted by Gasteiger charge is -2.21. The van der Waals surface area contributed by atoms with Crippen LogP contribution in [0.5, 0.6) is 0 Å². The number of hydrogen-bond donors (Lipinski definition) is 2. The second kappa shape index (κ2) is 7.00. The third-order valence-electron chi connectivity index (χ3n) is 5.52. The quantitative estimate of drug-likeness (QED) is 0.899. The number of carbonyl (C=O) groups is 1. The molecule has 1 aliphatic carbocycles. The molecule has 1 aromatic carbocycles. The van der Waals surface area contributed by atoms with E-state index < -0.39 is 0 Å². The van der Waals surface area contributed by atoms with Crippen LogP contribution in [0.3, 0.4) is 0 Å². The molecule has 2 aromatic rings. The van der Waals surface area contributed by atoms with Gasteiger partial charge in [-0.1, -0.05) is 31.0 Å². The maximum atomic E-state index is 12.6. The lowest BCUT2D eigenvalue weighted by Crippen LogP contribution is -2.35. The van der Waals surface area contributed by atoms with Gasteiger partial charge in [-0.2, -0.15) is 0 Å². The molecule has 1 saturated carbocycles. The molecule has 132 valence electrons. The molecule has 25 heavy (non-hydrogen) atoms. The van der Waals surface area contributed by atoms with Crippen LogP contribution in [0.25, 0.3) is 10.9 Å². The highest BCUT2D eigenvalue weighted by molar-refractivity contribution is 5.82. The van der Waals surface area contributed by atoms with E-state index in [0.717, 1.165) is 54.6 Å². The molecule has 1 aliphatic heterocycles. The molecule has 1 atom stereocenters. The Balaban J connectivity index is 1.47. The number of amides is 1. The number of aliphatic hydroxyl groups is 1. The Morgan fingerprint density at radius 3 is 2.84 bits per heavy atom. The number of hydrogen-bond acceptors (Lipinski definition) is 4. The van der Waals surface area contributed by atoms with Crippen molar-refractivity contribution in [3.63, 3.8) is 0 Å². The largest absolute Gasteiger partial charge is 0.392 e. The van der Waals surface area contributed by atoms with Crippen molar-refractivity contribution in [3.05, 3.63) is 35.9 Å². The Morgan fingerprint density at radius 1 is 1.24 bits per heavy atom. The fourth-order valence-corrected chi connectivity index (χ4v) is 4.11. The van der Waals surface area contributed by atoms with Gasteiger partial charge in [0, 0.05) is 36.0 Å². The van der Waals surface area contributed by atoms with Gasteiger partial charge in [0.2, 0.25) is 5.91 Å². The number of fused-ring (bicyclic) bond motifs is 1. The molecular weight excluding hydrogens is 314 g/mol. The van der Waals surface area contributed by atoms with Crippen LogP contribution in [-0.4, -0.2) is 40.0 Å². The Bertz CT molecular complexity index is 771. The number of pyridine rings is 1. The molecule has 2 fully saturated rings. The van der Waals surface area contributed by atoms with Gasteiger partial charge in [0.1, 0.15) is 5.82 Å². The second-order valence-electron chi connectivity index (χ2n) is 7.24. The first kappa shape index (κ1) is 16.3. The zero-order chi connectivity index (χ0) is 17.2. The molecule has 4 rings (SSSR count). The van der Waals surface area contributed by atoms with Crippen LogP contribution >= 0.6 is 0 Å². The van der Waals surface area contributed by atoms with Gasteiger partial charge in [0.05, 0.1) is 12.1 Å². The van der Waals surface area contributed by atoms with Gasteiger partial charge in [-0.25, -0.2) is 4.98 Å². The highest BCUT2D eigenvalue weighted by Crippen LogP contribution is 2.29. The number of carbonyl (C=O) groups excluding carboxylic acids is 1. The van der Waals surface area contributed by atoms with Crippen molar-refractivity contribution in [2.24, 2.45) is 5.92 Å². The minimum Gasteiger partial charge on any atom is -0.392 e. The van der Waals surface area contributed by atoms with E-state index in [4.69, 9.17) is 0 Å². The lowest BCUT2D eigenvalue weighted by atomic mass is 10.1. The molecule has 5 nitrogen and oxygen atoms in total. The number of benzene rings is 1. The van der Waals surface area contributed by atoms with Gasteiger partial charge >= 0.3 is 0 Å². The normalized spacial score (nSPS) is 21.2. The standard InChI is InChI=1S/C20H25N3O2/c24-13-16-11-15-7-3-4-8-18(15)22-19(16)21-17-9-10-23(12-17)20(25)14-5-1-2-6-14/h3-4,7-8,11,14,17,24H,1-2,5-6,9-10,12-13H2,(H,21,22). The van der Waals surface area contributed by atoms with E-state index >= 15 is 0 Å². The first-order chi connectivity index (χ1) is 12.2. The zero-order valence-electron chi connectivity index (χ0n) is 14.4. The molecule has 0 bridgehead atoms. The van der Waals surface area contributed by atoms with Gasteiger partial charge in [-0.3, -0.25) is 4.79 Å². The summed E-state index contributed by atoms with van der Waals surface area (Å²) < 4.78 is 0. The summed E-state index contributed by atoms with van der Waals surface area (Å²) in [6.45, 7) is 1.50. The van der Waals surface area contributed by atoms with Crippen LogP contribution in [0.4, 0.5) is 5.82 Å². The predicted octanol–water partition coefficient (Wildman–Crippen LogP) is 2.93. The number of nitrogens with one attached hydrogen (secondary N) is 1. The van der Waals surface area contributed by atoms with Crippen molar-refractivity contribution in [1.82, 2.24) is 9.88 Å². The van der Waals surface area contributed by atoms with Crippen molar-refractivity contribution in [2.45, 2.75) is 44.8 Å². The number of aromatic nitrogens is 1. The molecule has 5 heteroatoms. The Labute approximate surface area is 148 Å². The summed E-state index contributed by atoms with van der Waals surface area (Å²) >= 11 is 0. The lowest BCUT2D eigenvalue weighted by molar-refractivity contribution is -0.134. The summed E-state index contributed by atoms with van der Waals surface area (Å²) in [6, 6.07) is 10.1. The topological polar surface area (TPSA) is 65.5 Å². The van der Waals surface area contributed by atoms with Gasteiger partial charge in [0.25, 0.3) is 0 Å². The molecule has 1 amide bonds. The van der Waals surface area contributed by atoms with Gasteiger partial charge in [0.15, 0.2) is 0 Å². The molecule has 2 N–H and O–H groups in total. The summed E-state index contributed by atoms with van der Waals surface area (Å²) in [7, 11) is 0. The monoisotopic (exact) mass is 339 g/mol. The number of nitrogens with zero attached hydrogens (tertiary/aromatic N) is 2. The van der Waals surface area contributed by atoms with Gasteiger partial charge in [-0.05, 0) is 31.4 Å². The first-order valence-electron chi connectivity index (χ1n) is 9.29. The first-order valence-corrected chi connectivity index (χ1v) is 9.29. The predicted molar refractivity (Wildman–Crippen MR) is 98.2 cm³/mol. The van der Waals surface area contributed by atoms with Crippen molar-refractivity contribution in [3.8, 4) is 0 Å². The van der Waals surface area contributed by atoms with E-state index in [9.17, 15) is 9.90 Å².